The fourth-order valence-electron chi connectivity index (χ4n) is 2.48. The average molecular weight is 315 g/mol. The molecule has 0 aromatic heterocycles. The Kier molecular flexibility index (Phi) is 5.01. The Morgan fingerprint density at radius 1 is 1.50 bits per heavy atom. The lowest BCUT2D eigenvalue weighted by molar-refractivity contribution is 0.371. The van der Waals surface area contributed by atoms with Gasteiger partial charge in [-0.2, -0.15) is 0 Å². The predicted molar refractivity (Wildman–Crippen MR) is 77.4 cm³/mol. The van der Waals surface area contributed by atoms with Gasteiger partial charge in [-0.3, -0.25) is 0 Å². The molecule has 1 saturated heterocycles. The van der Waals surface area contributed by atoms with Gasteiger partial charge in [-0.1, -0.05) is 6.42 Å². The third-order valence-electron chi connectivity index (χ3n) is 3.38. The summed E-state index contributed by atoms with van der Waals surface area (Å²) in [4.78, 5) is 0. The Balaban J connectivity index is 1.87. The Labute approximate surface area is 116 Å². The highest BCUT2D eigenvalue weighted by molar-refractivity contribution is 9.10. The number of nitrogens with one attached hydrogen (secondary N) is 2. The van der Waals surface area contributed by atoms with E-state index in [1.807, 2.05) is 0 Å². The molecule has 0 bridgehead atoms. The fraction of sp³-hybridized carbons (Fsp3) is 0.571. The zero-order chi connectivity index (χ0) is 13.0. The zero-order valence-electron chi connectivity index (χ0n) is 10.7. The highest BCUT2D eigenvalue weighted by atomic mass is 79.9. The first-order chi connectivity index (χ1) is 8.65. The normalized spacial score (nSPS) is 21.6. The van der Waals surface area contributed by atoms with Crippen molar-refractivity contribution in [3.8, 4) is 0 Å². The summed E-state index contributed by atoms with van der Waals surface area (Å²) < 4.78 is 13.8. The van der Waals surface area contributed by atoms with Crippen molar-refractivity contribution in [3.05, 3.63) is 28.5 Å². The number of halogens is 2. The molecule has 2 atom stereocenters. The molecule has 1 aromatic carbocycles. The van der Waals surface area contributed by atoms with E-state index in [2.05, 4.69) is 33.5 Å². The monoisotopic (exact) mass is 314 g/mol. The molecule has 0 radical (unpaired) electrons. The summed E-state index contributed by atoms with van der Waals surface area (Å²) in [6.45, 7) is 3.31. The van der Waals surface area contributed by atoms with Crippen LogP contribution in [0.5, 0.6) is 0 Å². The van der Waals surface area contributed by atoms with Crippen molar-refractivity contribution in [2.45, 2.75) is 44.7 Å². The summed E-state index contributed by atoms with van der Waals surface area (Å²) in [6.07, 6.45) is 4.98. The van der Waals surface area contributed by atoms with Gasteiger partial charge in [0.1, 0.15) is 5.82 Å². The fourth-order valence-corrected chi connectivity index (χ4v) is 2.95. The minimum absolute atomic E-state index is 0.214. The molecule has 1 aliphatic rings. The molecule has 0 saturated carbocycles. The van der Waals surface area contributed by atoms with Gasteiger partial charge in [0.15, 0.2) is 0 Å². The lowest BCUT2D eigenvalue weighted by Gasteiger charge is -2.27. The quantitative estimate of drug-likeness (QED) is 0.880. The molecule has 1 fully saturated rings. The third-order valence-corrected chi connectivity index (χ3v) is 4.04. The summed E-state index contributed by atoms with van der Waals surface area (Å²) in [6, 6.07) is 5.75. The van der Waals surface area contributed by atoms with Crippen LogP contribution in [0.25, 0.3) is 0 Å². The van der Waals surface area contributed by atoms with E-state index in [0.29, 0.717) is 12.1 Å². The van der Waals surface area contributed by atoms with E-state index in [-0.39, 0.29) is 5.82 Å². The summed E-state index contributed by atoms with van der Waals surface area (Å²) in [5, 5.41) is 6.98. The molecule has 0 aliphatic carbocycles. The third kappa shape index (κ3) is 3.95. The first kappa shape index (κ1) is 13.8. The molecule has 2 N–H and O–H groups in total. The standard InChI is InChI=1S/C14H20BrFN2/c1-10(8-12-4-2-3-7-17-12)18-14-6-5-11(16)9-13(14)15/h5-6,9-10,12,17-18H,2-4,7-8H2,1H3. The van der Waals surface area contributed by atoms with Crippen LogP contribution in [-0.2, 0) is 0 Å². The molecule has 100 valence electrons. The maximum absolute atomic E-state index is 13.0. The van der Waals surface area contributed by atoms with Crippen LogP contribution in [0.3, 0.4) is 0 Å². The highest BCUT2D eigenvalue weighted by Gasteiger charge is 2.16. The van der Waals surface area contributed by atoms with Gasteiger partial charge in [-0.15, -0.1) is 0 Å². The van der Waals surface area contributed by atoms with Gasteiger partial charge in [-0.25, -0.2) is 4.39 Å². The van der Waals surface area contributed by atoms with Crippen molar-refractivity contribution >= 4 is 21.6 Å². The van der Waals surface area contributed by atoms with Crippen molar-refractivity contribution in [1.82, 2.24) is 5.32 Å². The smallest absolute Gasteiger partial charge is 0.124 e. The van der Waals surface area contributed by atoms with E-state index in [1.165, 1.54) is 31.4 Å². The van der Waals surface area contributed by atoms with Gasteiger partial charge in [0.25, 0.3) is 0 Å². The van der Waals surface area contributed by atoms with Crippen molar-refractivity contribution in [1.29, 1.82) is 0 Å². The van der Waals surface area contributed by atoms with Crippen LogP contribution in [0.1, 0.15) is 32.6 Å². The summed E-state index contributed by atoms with van der Waals surface area (Å²) in [5.74, 6) is -0.214. The Hall–Kier alpha value is -0.610. The van der Waals surface area contributed by atoms with Gasteiger partial charge in [-0.05, 0) is 66.9 Å². The molecular weight excluding hydrogens is 295 g/mol. The zero-order valence-corrected chi connectivity index (χ0v) is 12.3. The number of hydrogen-bond acceptors (Lipinski definition) is 2. The van der Waals surface area contributed by atoms with E-state index >= 15 is 0 Å². The van der Waals surface area contributed by atoms with E-state index in [4.69, 9.17) is 0 Å². The topological polar surface area (TPSA) is 24.1 Å². The largest absolute Gasteiger partial charge is 0.382 e. The molecule has 0 spiro atoms. The van der Waals surface area contributed by atoms with Crippen LogP contribution in [0, 0.1) is 5.82 Å². The van der Waals surface area contributed by atoms with Crippen LogP contribution >= 0.6 is 15.9 Å². The first-order valence-corrected chi connectivity index (χ1v) is 7.39. The summed E-state index contributed by atoms with van der Waals surface area (Å²) in [5.41, 5.74) is 0.958. The second-order valence-corrected chi connectivity index (χ2v) is 5.91. The van der Waals surface area contributed by atoms with Crippen molar-refractivity contribution < 1.29 is 4.39 Å². The lowest BCUT2D eigenvalue weighted by Crippen LogP contribution is -2.37. The number of hydrogen-bond donors (Lipinski definition) is 2. The van der Waals surface area contributed by atoms with Crippen LogP contribution in [-0.4, -0.2) is 18.6 Å². The second kappa shape index (κ2) is 6.53. The van der Waals surface area contributed by atoms with Crippen LogP contribution in [0.2, 0.25) is 0 Å². The lowest BCUT2D eigenvalue weighted by atomic mass is 9.99. The van der Waals surface area contributed by atoms with Crippen molar-refractivity contribution in [3.63, 3.8) is 0 Å². The van der Waals surface area contributed by atoms with Gasteiger partial charge in [0.05, 0.1) is 0 Å². The van der Waals surface area contributed by atoms with Crippen LogP contribution in [0.4, 0.5) is 10.1 Å². The Morgan fingerprint density at radius 3 is 3.00 bits per heavy atom. The maximum Gasteiger partial charge on any atom is 0.124 e. The molecule has 1 heterocycles. The van der Waals surface area contributed by atoms with E-state index in [0.717, 1.165) is 23.1 Å². The predicted octanol–water partition coefficient (Wildman–Crippen LogP) is 3.92. The molecule has 18 heavy (non-hydrogen) atoms. The Morgan fingerprint density at radius 2 is 2.33 bits per heavy atom. The number of piperidine rings is 1. The minimum atomic E-state index is -0.214. The number of anilines is 1. The molecular formula is C14H20BrFN2. The number of rotatable bonds is 4. The molecule has 1 aliphatic heterocycles. The van der Waals surface area contributed by atoms with Crippen molar-refractivity contribution in [2.24, 2.45) is 0 Å². The van der Waals surface area contributed by atoms with Gasteiger partial charge in [0, 0.05) is 22.2 Å². The average Bonchev–Trinajstić information content (AvgIpc) is 2.34. The van der Waals surface area contributed by atoms with E-state index in [9.17, 15) is 4.39 Å². The molecule has 2 unspecified atom stereocenters. The van der Waals surface area contributed by atoms with Gasteiger partial charge in [0.2, 0.25) is 0 Å². The SMILES string of the molecule is CC(CC1CCCCN1)Nc1ccc(F)cc1Br. The van der Waals surface area contributed by atoms with E-state index < -0.39 is 0 Å². The summed E-state index contributed by atoms with van der Waals surface area (Å²) in [7, 11) is 0. The van der Waals surface area contributed by atoms with Gasteiger partial charge >= 0.3 is 0 Å². The molecule has 4 heteroatoms. The van der Waals surface area contributed by atoms with Crippen molar-refractivity contribution in [2.75, 3.05) is 11.9 Å². The minimum Gasteiger partial charge on any atom is -0.382 e. The highest BCUT2D eigenvalue weighted by Crippen LogP contribution is 2.24. The Bertz CT molecular complexity index is 391. The van der Waals surface area contributed by atoms with Gasteiger partial charge < -0.3 is 10.6 Å². The molecule has 0 amide bonds. The second-order valence-electron chi connectivity index (χ2n) is 5.05. The number of benzene rings is 1. The molecule has 2 rings (SSSR count). The van der Waals surface area contributed by atoms with E-state index in [1.54, 1.807) is 6.07 Å². The molecule has 1 aromatic rings. The van der Waals surface area contributed by atoms with Crippen LogP contribution in [0.15, 0.2) is 22.7 Å². The molecule has 2 nitrogen and oxygen atoms in total. The first-order valence-electron chi connectivity index (χ1n) is 6.60. The van der Waals surface area contributed by atoms with Crippen LogP contribution < -0.4 is 10.6 Å². The summed E-state index contributed by atoms with van der Waals surface area (Å²) >= 11 is 3.38. The maximum atomic E-state index is 13.0.